The van der Waals surface area contributed by atoms with E-state index in [0.717, 1.165) is 0 Å². The Labute approximate surface area is 65.1 Å². The third kappa shape index (κ3) is 10.9. The van der Waals surface area contributed by atoms with Crippen LogP contribution in [0.1, 0.15) is 0 Å². The minimum absolute atomic E-state index is 0. The molecule has 0 aromatic heterocycles. The van der Waals surface area contributed by atoms with Crippen molar-refractivity contribution in [1.82, 2.24) is 0 Å². The minimum atomic E-state index is -4.26. The number of rotatable bonds is 1. The average Bonchev–Trinajstić information content (AvgIpc) is 1.35. The van der Waals surface area contributed by atoms with Crippen molar-refractivity contribution in [3.8, 4) is 0 Å². The number of hydrogen-bond acceptors (Lipinski definition) is 3. The molecule has 0 atom stereocenters. The maximum Gasteiger partial charge on any atom is 1.00 e. The van der Waals surface area contributed by atoms with Crippen molar-refractivity contribution in [2.75, 3.05) is 0 Å². The SMILES string of the molecule is [CH][CH]S(=O)(=O)[O-].[Na+]. The van der Waals surface area contributed by atoms with Gasteiger partial charge in [-0.15, -0.1) is 0 Å². The summed E-state index contributed by atoms with van der Waals surface area (Å²) in [6.07, 6.45) is 0. The van der Waals surface area contributed by atoms with Gasteiger partial charge in [0.1, 0.15) is 0 Å². The Bertz CT molecular complexity index is 115. The molecule has 0 saturated heterocycles. The van der Waals surface area contributed by atoms with Crippen molar-refractivity contribution in [3.05, 3.63) is 12.7 Å². The van der Waals surface area contributed by atoms with E-state index in [4.69, 9.17) is 0 Å². The zero-order chi connectivity index (χ0) is 5.21. The maximum atomic E-state index is 9.26. The van der Waals surface area contributed by atoms with Gasteiger partial charge in [-0.1, -0.05) is 0 Å². The molecule has 0 bridgehead atoms. The summed E-state index contributed by atoms with van der Waals surface area (Å²) in [6.45, 7) is 4.28. The second-order valence-corrected chi connectivity index (χ2v) is 1.89. The summed E-state index contributed by atoms with van der Waals surface area (Å²) >= 11 is 0. The molecular weight excluding hydrogens is 127 g/mol. The van der Waals surface area contributed by atoms with Gasteiger partial charge in [0, 0.05) is 0 Å². The molecule has 5 heteroatoms. The van der Waals surface area contributed by atoms with Gasteiger partial charge in [0.15, 0.2) is 0 Å². The van der Waals surface area contributed by atoms with Crippen molar-refractivity contribution in [3.63, 3.8) is 0 Å². The molecule has 0 heterocycles. The fourth-order valence-corrected chi connectivity index (χ4v) is 0. The van der Waals surface area contributed by atoms with Gasteiger partial charge in [0.2, 0.25) is 0 Å². The van der Waals surface area contributed by atoms with Crippen LogP contribution in [0.4, 0.5) is 0 Å². The first-order valence-corrected chi connectivity index (χ1v) is 2.54. The molecule has 0 rings (SSSR count). The van der Waals surface area contributed by atoms with Crippen LogP contribution in [0, 0.1) is 12.7 Å². The Morgan fingerprint density at radius 3 is 1.71 bits per heavy atom. The largest absolute Gasteiger partial charge is 1.00 e. The van der Waals surface area contributed by atoms with Gasteiger partial charge >= 0.3 is 29.6 Å². The Morgan fingerprint density at radius 2 is 1.71 bits per heavy atom. The van der Waals surface area contributed by atoms with Gasteiger partial charge in [-0.05, 0) is 6.92 Å². The molecule has 0 amide bonds. The van der Waals surface area contributed by atoms with E-state index in [1.54, 1.807) is 0 Å². The molecule has 0 aromatic rings. The van der Waals surface area contributed by atoms with Crippen LogP contribution in [-0.2, 0) is 10.1 Å². The van der Waals surface area contributed by atoms with Crippen LogP contribution in [0.2, 0.25) is 0 Å². The summed E-state index contributed by atoms with van der Waals surface area (Å²) in [5.74, 6) is 0.104. The summed E-state index contributed by atoms with van der Waals surface area (Å²) < 4.78 is 27.8. The topological polar surface area (TPSA) is 57.2 Å². The summed E-state index contributed by atoms with van der Waals surface area (Å²) in [5.41, 5.74) is 0. The molecule has 0 saturated carbocycles. The first-order chi connectivity index (χ1) is 2.56. The summed E-state index contributed by atoms with van der Waals surface area (Å²) in [5, 5.41) is 0. The molecule has 0 aromatic carbocycles. The van der Waals surface area contributed by atoms with Gasteiger partial charge in [0.25, 0.3) is 0 Å². The molecule has 0 aliphatic rings. The molecule has 3 radical (unpaired) electrons. The van der Waals surface area contributed by atoms with Crippen LogP contribution in [-0.4, -0.2) is 13.0 Å². The Hall–Kier alpha value is 0.910. The first-order valence-electron chi connectivity index (χ1n) is 1.07. The molecule has 0 aliphatic carbocycles. The van der Waals surface area contributed by atoms with Gasteiger partial charge in [-0.2, -0.15) is 0 Å². The van der Waals surface area contributed by atoms with E-state index in [-0.39, 0.29) is 35.3 Å². The van der Waals surface area contributed by atoms with E-state index in [1.807, 2.05) is 0 Å². The zero-order valence-electron chi connectivity index (χ0n) is 3.79. The van der Waals surface area contributed by atoms with Crippen molar-refractivity contribution >= 4 is 10.1 Å². The van der Waals surface area contributed by atoms with Crippen molar-refractivity contribution < 1.29 is 42.5 Å². The van der Waals surface area contributed by atoms with E-state index < -0.39 is 10.1 Å². The first kappa shape index (κ1) is 10.8. The summed E-state index contributed by atoms with van der Waals surface area (Å²) in [4.78, 5) is 0. The second-order valence-electron chi connectivity index (χ2n) is 0.629. The minimum Gasteiger partial charge on any atom is -0.748 e. The Balaban J connectivity index is 0. The smallest absolute Gasteiger partial charge is 0.748 e. The van der Waals surface area contributed by atoms with Crippen LogP contribution in [0.5, 0.6) is 0 Å². The van der Waals surface area contributed by atoms with E-state index in [0.29, 0.717) is 0 Å². The molecule has 0 unspecified atom stereocenters. The monoisotopic (exact) mass is 129 g/mol. The predicted molar refractivity (Wildman–Crippen MR) is 18.3 cm³/mol. The van der Waals surface area contributed by atoms with Gasteiger partial charge in [-0.25, -0.2) is 8.42 Å². The molecule has 35 valence electrons. The van der Waals surface area contributed by atoms with Gasteiger partial charge in [0.05, 0.1) is 15.9 Å². The van der Waals surface area contributed by atoms with Crippen LogP contribution < -0.4 is 29.6 Å². The molecule has 7 heavy (non-hydrogen) atoms. The van der Waals surface area contributed by atoms with Gasteiger partial charge in [-0.3, -0.25) is 0 Å². The van der Waals surface area contributed by atoms with Crippen molar-refractivity contribution in [2.45, 2.75) is 0 Å². The van der Waals surface area contributed by atoms with E-state index in [2.05, 4.69) is 6.92 Å². The van der Waals surface area contributed by atoms with Crippen molar-refractivity contribution in [2.24, 2.45) is 0 Å². The molecule has 0 aliphatic heterocycles. The summed E-state index contributed by atoms with van der Waals surface area (Å²) in [6, 6.07) is 0. The molecule has 0 N–H and O–H groups in total. The molecule has 0 fully saturated rings. The average molecular weight is 129 g/mol. The zero-order valence-corrected chi connectivity index (χ0v) is 6.60. The Morgan fingerprint density at radius 1 is 1.57 bits per heavy atom. The quantitative estimate of drug-likeness (QED) is 0.271. The fourth-order valence-electron chi connectivity index (χ4n) is 0. The third-order valence-corrected chi connectivity index (χ3v) is 0.500. The van der Waals surface area contributed by atoms with Gasteiger partial charge < -0.3 is 4.55 Å². The Kier molecular flexibility index (Phi) is 5.96. The summed E-state index contributed by atoms with van der Waals surface area (Å²) in [7, 11) is -4.26. The molecule has 3 nitrogen and oxygen atoms in total. The molecule has 0 spiro atoms. The molecular formula is C2H2NaO3S. The third-order valence-electron chi connectivity index (χ3n) is 0.167. The standard InChI is InChI=1S/C2H3O3S.Na/c1-2-6(3,4)5;/h1-2H,(H,3,4,5);/q;+1/p-1. The second kappa shape index (κ2) is 3.86. The van der Waals surface area contributed by atoms with Crippen LogP contribution in [0.15, 0.2) is 0 Å². The van der Waals surface area contributed by atoms with Crippen LogP contribution >= 0.6 is 0 Å². The maximum absolute atomic E-state index is 9.26. The number of hydrogen-bond donors (Lipinski definition) is 0. The normalized spacial score (nSPS) is 10.0. The van der Waals surface area contributed by atoms with Crippen LogP contribution in [0.25, 0.3) is 0 Å². The van der Waals surface area contributed by atoms with Crippen LogP contribution in [0.3, 0.4) is 0 Å². The van der Waals surface area contributed by atoms with Crippen molar-refractivity contribution in [1.29, 1.82) is 0 Å². The van der Waals surface area contributed by atoms with E-state index in [9.17, 15) is 13.0 Å². The predicted octanol–water partition coefficient (Wildman–Crippen LogP) is -3.59. The van der Waals surface area contributed by atoms with E-state index >= 15 is 0 Å². The fraction of sp³-hybridized carbons (Fsp3) is 0. The van der Waals surface area contributed by atoms with E-state index in [1.165, 1.54) is 0 Å².